The largest absolute Gasteiger partial charge is 0.502 e. The summed E-state index contributed by atoms with van der Waals surface area (Å²) < 4.78 is 8.57. The molecule has 0 atom stereocenters. The zero-order valence-corrected chi connectivity index (χ0v) is 17.1. The number of benzene rings is 1. The van der Waals surface area contributed by atoms with Gasteiger partial charge in [-0.2, -0.15) is 10.4 Å². The van der Waals surface area contributed by atoms with Crippen LogP contribution >= 0.6 is 11.3 Å². The number of methoxy groups -OCH3 is 1. The number of aromatic carboxylic acids is 1. The molecule has 4 rings (SSSR count). The van der Waals surface area contributed by atoms with Crippen molar-refractivity contribution in [3.63, 3.8) is 0 Å². The van der Waals surface area contributed by atoms with Gasteiger partial charge >= 0.3 is 5.97 Å². The zero-order valence-electron chi connectivity index (χ0n) is 16.3. The fraction of sp³-hybridized carbons (Fsp3) is 0.143. The van der Waals surface area contributed by atoms with E-state index in [1.54, 1.807) is 40.7 Å². The summed E-state index contributed by atoms with van der Waals surface area (Å²) in [6.45, 7) is 0.546. The topological polar surface area (TPSA) is 130 Å². The minimum Gasteiger partial charge on any atom is -0.502 e. The Kier molecular flexibility index (Phi) is 5.19. The third-order valence-electron chi connectivity index (χ3n) is 4.82. The predicted molar refractivity (Wildman–Crippen MR) is 113 cm³/mol. The van der Waals surface area contributed by atoms with Crippen LogP contribution in [-0.2, 0) is 13.1 Å². The number of carbonyl (C=O) groups is 1. The molecule has 10 heteroatoms. The van der Waals surface area contributed by atoms with Crippen LogP contribution in [0.2, 0.25) is 0 Å². The van der Waals surface area contributed by atoms with E-state index in [2.05, 4.69) is 11.2 Å². The van der Waals surface area contributed by atoms with Gasteiger partial charge in [0.05, 0.1) is 42.2 Å². The first-order valence-corrected chi connectivity index (χ1v) is 9.95. The molecule has 9 nitrogen and oxygen atoms in total. The molecule has 0 fully saturated rings. The van der Waals surface area contributed by atoms with Gasteiger partial charge in [0.15, 0.2) is 5.75 Å². The summed E-state index contributed by atoms with van der Waals surface area (Å²) in [6.07, 6.45) is 3.37. The van der Waals surface area contributed by atoms with Crippen LogP contribution in [0.4, 0.5) is 0 Å². The highest BCUT2D eigenvalue weighted by Gasteiger charge is 2.22. The Morgan fingerprint density at radius 1 is 1.29 bits per heavy atom. The number of aromatic hydroxyl groups is 1. The maximum atomic E-state index is 12.6. The van der Waals surface area contributed by atoms with Crippen LogP contribution in [-0.4, -0.2) is 37.6 Å². The first-order valence-electron chi connectivity index (χ1n) is 9.07. The van der Waals surface area contributed by atoms with Crippen molar-refractivity contribution < 1.29 is 19.7 Å². The molecule has 0 spiro atoms. The van der Waals surface area contributed by atoms with Crippen LogP contribution in [0.1, 0.15) is 27.0 Å². The summed E-state index contributed by atoms with van der Waals surface area (Å²) >= 11 is 1.15. The van der Waals surface area contributed by atoms with Crippen molar-refractivity contribution in [1.29, 1.82) is 5.26 Å². The molecule has 3 heterocycles. The minimum atomic E-state index is -1.35. The van der Waals surface area contributed by atoms with Gasteiger partial charge in [0, 0.05) is 11.8 Å². The second-order valence-electron chi connectivity index (χ2n) is 6.75. The van der Waals surface area contributed by atoms with E-state index >= 15 is 0 Å². The number of ether oxygens (including phenoxy) is 1. The lowest BCUT2D eigenvalue weighted by Crippen LogP contribution is -2.22. The van der Waals surface area contributed by atoms with Gasteiger partial charge in [-0.1, -0.05) is 6.07 Å². The maximum absolute atomic E-state index is 12.6. The molecule has 156 valence electrons. The molecule has 4 aromatic rings. The second kappa shape index (κ2) is 7.97. The lowest BCUT2D eigenvalue weighted by molar-refractivity contribution is 0.0695. The molecule has 0 aliphatic carbocycles. The van der Waals surface area contributed by atoms with Crippen molar-refractivity contribution in [2.75, 3.05) is 7.11 Å². The summed E-state index contributed by atoms with van der Waals surface area (Å²) in [5.41, 5.74) is 1.32. The summed E-state index contributed by atoms with van der Waals surface area (Å²) in [7, 11) is 1.50. The van der Waals surface area contributed by atoms with E-state index in [0.717, 1.165) is 16.9 Å². The van der Waals surface area contributed by atoms with Crippen molar-refractivity contribution in [3.8, 4) is 17.6 Å². The van der Waals surface area contributed by atoms with Crippen LogP contribution in [0.5, 0.6) is 11.5 Å². The van der Waals surface area contributed by atoms with E-state index in [1.807, 2.05) is 6.07 Å². The predicted octanol–water partition coefficient (Wildman–Crippen LogP) is 2.64. The number of nitriles is 1. The highest BCUT2D eigenvalue weighted by molar-refractivity contribution is 7.17. The van der Waals surface area contributed by atoms with Crippen LogP contribution < -0.4 is 10.3 Å². The lowest BCUT2D eigenvalue weighted by atomic mass is 10.1. The van der Waals surface area contributed by atoms with Gasteiger partial charge in [-0.05, 0) is 29.1 Å². The molecule has 1 aromatic carbocycles. The Morgan fingerprint density at radius 3 is 2.81 bits per heavy atom. The number of rotatable bonds is 6. The number of pyridine rings is 1. The van der Waals surface area contributed by atoms with Crippen molar-refractivity contribution in [2.45, 2.75) is 13.1 Å². The van der Waals surface area contributed by atoms with Gasteiger partial charge in [0.25, 0.3) is 5.56 Å². The maximum Gasteiger partial charge on any atom is 0.341 e. The summed E-state index contributed by atoms with van der Waals surface area (Å²) in [6, 6.07) is 8.97. The van der Waals surface area contributed by atoms with Gasteiger partial charge in [-0.15, -0.1) is 11.3 Å². The average Bonchev–Trinajstić information content (AvgIpc) is 3.40. The minimum absolute atomic E-state index is 0.121. The fourth-order valence-corrected chi connectivity index (χ4v) is 4.31. The Bertz CT molecular complexity index is 1410. The summed E-state index contributed by atoms with van der Waals surface area (Å²) in [4.78, 5) is 24.1. The van der Waals surface area contributed by atoms with E-state index in [4.69, 9.17) is 10.00 Å². The zero-order chi connectivity index (χ0) is 22.1. The molecule has 2 N–H and O–H groups in total. The average molecular weight is 436 g/mol. The molecule has 0 amide bonds. The van der Waals surface area contributed by atoms with E-state index < -0.39 is 17.3 Å². The molecule has 0 aliphatic heterocycles. The number of fused-ring (bicyclic) bond motifs is 1. The van der Waals surface area contributed by atoms with Crippen LogP contribution in [0.25, 0.3) is 10.2 Å². The van der Waals surface area contributed by atoms with Crippen molar-refractivity contribution in [1.82, 2.24) is 14.3 Å². The van der Waals surface area contributed by atoms with Crippen LogP contribution in [0, 0.1) is 11.3 Å². The van der Waals surface area contributed by atoms with E-state index in [9.17, 15) is 19.8 Å². The Balaban J connectivity index is 1.64. The van der Waals surface area contributed by atoms with Gasteiger partial charge in [0.1, 0.15) is 17.4 Å². The molecular weight excluding hydrogens is 420 g/mol. The normalized spacial score (nSPS) is 10.8. The van der Waals surface area contributed by atoms with Crippen LogP contribution in [0.3, 0.4) is 0 Å². The lowest BCUT2D eigenvalue weighted by Gasteiger charge is -2.10. The number of hydrogen-bond acceptors (Lipinski definition) is 7. The monoisotopic (exact) mass is 436 g/mol. The van der Waals surface area contributed by atoms with Crippen molar-refractivity contribution >= 4 is 27.5 Å². The number of carboxylic acids is 1. The highest BCUT2D eigenvalue weighted by atomic mass is 32.1. The Labute approximate surface area is 179 Å². The quantitative estimate of drug-likeness (QED) is 0.475. The van der Waals surface area contributed by atoms with Gasteiger partial charge in [-0.3, -0.25) is 14.0 Å². The van der Waals surface area contributed by atoms with E-state index in [0.29, 0.717) is 33.6 Å². The van der Waals surface area contributed by atoms with Crippen LogP contribution in [0.15, 0.2) is 46.8 Å². The standard InChI is InChI=1S/C21H16N4O5S/c1-30-16-6-12(2-3-14(16)7-22)9-24-10-13(8-23-24)11-25-15-4-5-31-19(15)17(21(28)29)18(26)20(25)27/h2-6,8,10,26H,9,11H2,1H3,(H,28,29). The van der Waals surface area contributed by atoms with E-state index in [1.165, 1.54) is 11.7 Å². The smallest absolute Gasteiger partial charge is 0.341 e. The first-order chi connectivity index (χ1) is 14.9. The number of carboxylic acid groups (broad SMARTS) is 1. The highest BCUT2D eigenvalue weighted by Crippen LogP contribution is 2.29. The number of aromatic nitrogens is 3. The van der Waals surface area contributed by atoms with Crippen molar-refractivity contribution in [2.24, 2.45) is 0 Å². The molecule has 0 saturated carbocycles. The summed E-state index contributed by atoms with van der Waals surface area (Å²) in [5.74, 6) is -1.65. The molecule has 31 heavy (non-hydrogen) atoms. The number of nitrogens with zero attached hydrogens (tertiary/aromatic N) is 4. The second-order valence-corrected chi connectivity index (χ2v) is 7.66. The van der Waals surface area contributed by atoms with Gasteiger partial charge in [-0.25, -0.2) is 4.79 Å². The van der Waals surface area contributed by atoms with Crippen molar-refractivity contribution in [3.05, 3.63) is 74.6 Å². The van der Waals surface area contributed by atoms with E-state index in [-0.39, 0.29) is 12.1 Å². The SMILES string of the molecule is COc1cc(Cn2cc(Cn3c(=O)c(O)c(C(=O)O)c4sccc43)cn2)ccc1C#N. The molecule has 0 bridgehead atoms. The third-order valence-corrected chi connectivity index (χ3v) is 5.74. The molecule has 3 aromatic heterocycles. The van der Waals surface area contributed by atoms with Gasteiger partial charge in [0.2, 0.25) is 0 Å². The molecular formula is C21H16N4O5S. The molecule has 0 radical (unpaired) electrons. The Hall–Kier alpha value is -4.10. The Morgan fingerprint density at radius 2 is 2.10 bits per heavy atom. The molecule has 0 aliphatic rings. The third kappa shape index (κ3) is 3.62. The fourth-order valence-electron chi connectivity index (χ4n) is 3.38. The molecule has 0 unspecified atom stereocenters. The summed E-state index contributed by atoms with van der Waals surface area (Å²) in [5, 5.41) is 34.6. The number of thiophene rings is 1. The number of hydrogen-bond donors (Lipinski definition) is 2. The molecule has 0 saturated heterocycles. The van der Waals surface area contributed by atoms with Gasteiger partial charge < -0.3 is 14.9 Å². The first kappa shape index (κ1) is 20.2.